The fourth-order valence-corrected chi connectivity index (χ4v) is 5.37. The highest BCUT2D eigenvalue weighted by molar-refractivity contribution is 5.92. The van der Waals surface area contributed by atoms with E-state index in [9.17, 15) is 44.1 Å². The van der Waals surface area contributed by atoms with Crippen LogP contribution >= 0.6 is 0 Å². The first-order valence-corrected chi connectivity index (χ1v) is 14.9. The van der Waals surface area contributed by atoms with E-state index in [2.05, 4.69) is 21.3 Å². The zero-order valence-corrected chi connectivity index (χ0v) is 26.2. The van der Waals surface area contributed by atoms with Crippen molar-refractivity contribution in [3.63, 3.8) is 0 Å². The topological polar surface area (TPSA) is 304 Å². The second-order valence-corrected chi connectivity index (χ2v) is 11.5. The van der Waals surface area contributed by atoms with Crippen molar-refractivity contribution in [1.82, 2.24) is 21.3 Å². The molecule has 0 spiro atoms. The molecule has 3 saturated heterocycles. The standard InChI is InChI=1S/C27H43N5O15/c1-9(24(41)32-13(23(28)40)5-6-16(36)37)29-25(42)10(2)44-22-18(31-12(4)35)26-43-8-15(46-26)21(22)47-27-17(30-11(3)34)20(39)19(38)14(7-33)45-27/h9-10,13-15,17-22,26-27,33,38-39H,5-8H2,1-4H3,(H2,28,40)(H,29,42)(H,30,34)(H,31,35)(H,32,41)(H,36,37). The number of ether oxygens (including phenoxy) is 5. The van der Waals surface area contributed by atoms with Gasteiger partial charge in [0.1, 0.15) is 66.9 Å². The predicted molar refractivity (Wildman–Crippen MR) is 152 cm³/mol. The van der Waals surface area contributed by atoms with Crippen LogP contribution in [-0.2, 0) is 52.5 Å². The summed E-state index contributed by atoms with van der Waals surface area (Å²) in [4.78, 5) is 72.5. The quantitative estimate of drug-likeness (QED) is 0.0782. The average molecular weight is 678 g/mol. The zero-order chi connectivity index (χ0) is 35.2. The molecule has 3 heterocycles. The van der Waals surface area contributed by atoms with E-state index < -0.39 is 128 Å². The fourth-order valence-electron chi connectivity index (χ4n) is 5.37. The predicted octanol–water partition coefficient (Wildman–Crippen LogP) is -5.31. The number of hydrogen-bond donors (Lipinski definition) is 9. The second kappa shape index (κ2) is 16.6. The molecule has 0 aromatic heterocycles. The van der Waals surface area contributed by atoms with E-state index in [4.69, 9.17) is 34.5 Å². The Morgan fingerprint density at radius 1 is 0.915 bits per heavy atom. The Balaban J connectivity index is 1.80. The van der Waals surface area contributed by atoms with E-state index in [-0.39, 0.29) is 13.0 Å². The number of aliphatic hydroxyl groups excluding tert-OH is 3. The van der Waals surface area contributed by atoms with Gasteiger partial charge < -0.3 is 71.1 Å². The number of aliphatic carboxylic acids is 1. The summed E-state index contributed by atoms with van der Waals surface area (Å²) in [7, 11) is 0. The SMILES string of the molecule is CC(=O)NC1C(OC2C3COC(O3)C(NC(C)=O)C2OC(C)C(=O)NC(C)C(=O)NC(CCC(=O)O)C(N)=O)OC(CO)C(O)C1O. The van der Waals surface area contributed by atoms with Gasteiger partial charge in [0.05, 0.1) is 13.2 Å². The van der Waals surface area contributed by atoms with Crippen LogP contribution in [0.5, 0.6) is 0 Å². The van der Waals surface area contributed by atoms with E-state index in [0.717, 1.165) is 6.92 Å². The van der Waals surface area contributed by atoms with Crippen molar-refractivity contribution in [2.45, 2.75) is 120 Å². The fraction of sp³-hybridized carbons (Fsp3) is 0.778. The van der Waals surface area contributed by atoms with Crippen molar-refractivity contribution in [2.24, 2.45) is 5.73 Å². The first kappa shape index (κ1) is 38.0. The Kier molecular flexibility index (Phi) is 13.4. The van der Waals surface area contributed by atoms with Gasteiger partial charge in [0.25, 0.3) is 0 Å². The third-order valence-corrected chi connectivity index (χ3v) is 7.77. The molecular formula is C27H43N5O15. The molecule has 3 fully saturated rings. The molecular weight excluding hydrogens is 634 g/mol. The number of primary amides is 1. The number of rotatable bonds is 15. The number of nitrogens with one attached hydrogen (secondary N) is 4. The molecule has 0 aromatic carbocycles. The van der Waals surface area contributed by atoms with Gasteiger partial charge in [0.15, 0.2) is 12.6 Å². The Morgan fingerprint density at radius 2 is 1.55 bits per heavy atom. The molecule has 13 atom stereocenters. The average Bonchev–Trinajstić information content (AvgIpc) is 3.43. The number of carboxylic acid groups (broad SMARTS) is 1. The molecule has 20 nitrogen and oxygen atoms in total. The first-order chi connectivity index (χ1) is 22.0. The molecule has 2 bridgehead atoms. The maximum absolute atomic E-state index is 13.2. The van der Waals surface area contributed by atoms with Gasteiger partial charge in [-0.3, -0.25) is 28.8 Å². The van der Waals surface area contributed by atoms with Gasteiger partial charge in [-0.25, -0.2) is 0 Å². The van der Waals surface area contributed by atoms with Crippen molar-refractivity contribution < 1.29 is 72.9 Å². The number of nitrogens with two attached hydrogens (primary N) is 1. The Morgan fingerprint density at radius 3 is 2.13 bits per heavy atom. The molecule has 10 N–H and O–H groups in total. The van der Waals surface area contributed by atoms with Crippen LogP contribution in [0, 0.1) is 0 Å². The largest absolute Gasteiger partial charge is 0.481 e. The summed E-state index contributed by atoms with van der Waals surface area (Å²) in [6, 6.07) is -4.92. The number of carbonyl (C=O) groups excluding carboxylic acids is 5. The molecule has 0 radical (unpaired) electrons. The van der Waals surface area contributed by atoms with Gasteiger partial charge in [-0.05, 0) is 20.3 Å². The minimum Gasteiger partial charge on any atom is -0.481 e. The molecule has 47 heavy (non-hydrogen) atoms. The molecule has 20 heteroatoms. The van der Waals surface area contributed by atoms with Gasteiger partial charge in [-0.1, -0.05) is 0 Å². The lowest BCUT2D eigenvalue weighted by Crippen LogP contribution is -2.68. The number of aliphatic hydroxyl groups is 3. The van der Waals surface area contributed by atoms with E-state index in [0.29, 0.717) is 0 Å². The molecule has 3 aliphatic heterocycles. The maximum atomic E-state index is 13.2. The minimum absolute atomic E-state index is 0.0574. The van der Waals surface area contributed by atoms with Gasteiger partial charge >= 0.3 is 5.97 Å². The molecule has 0 aromatic rings. The third kappa shape index (κ3) is 9.76. The van der Waals surface area contributed by atoms with Crippen molar-refractivity contribution in [1.29, 1.82) is 0 Å². The van der Waals surface area contributed by atoms with E-state index in [1.807, 2.05) is 0 Å². The summed E-state index contributed by atoms with van der Waals surface area (Å²) in [6.45, 7) is 4.27. The molecule has 3 aliphatic rings. The number of carboxylic acids is 1. The molecule has 13 unspecified atom stereocenters. The van der Waals surface area contributed by atoms with Crippen molar-refractivity contribution in [3.8, 4) is 0 Å². The van der Waals surface area contributed by atoms with Crippen LogP contribution in [-0.4, -0.2) is 149 Å². The lowest BCUT2D eigenvalue weighted by Gasteiger charge is -2.47. The molecule has 266 valence electrons. The zero-order valence-electron chi connectivity index (χ0n) is 26.2. The molecule has 3 rings (SSSR count). The Bertz CT molecular complexity index is 1180. The van der Waals surface area contributed by atoms with Gasteiger partial charge in [0, 0.05) is 20.3 Å². The monoisotopic (exact) mass is 677 g/mol. The van der Waals surface area contributed by atoms with Gasteiger partial charge in [-0.15, -0.1) is 0 Å². The van der Waals surface area contributed by atoms with Gasteiger partial charge in [0.2, 0.25) is 29.5 Å². The van der Waals surface area contributed by atoms with Gasteiger partial charge in [-0.2, -0.15) is 0 Å². The normalized spacial score (nSPS) is 33.5. The molecule has 0 saturated carbocycles. The van der Waals surface area contributed by atoms with Crippen molar-refractivity contribution >= 4 is 35.5 Å². The summed E-state index contributed by atoms with van der Waals surface area (Å²) in [5.41, 5.74) is 5.26. The van der Waals surface area contributed by atoms with Crippen molar-refractivity contribution in [2.75, 3.05) is 13.2 Å². The second-order valence-electron chi connectivity index (χ2n) is 11.5. The van der Waals surface area contributed by atoms with Crippen LogP contribution in [0.2, 0.25) is 0 Å². The summed E-state index contributed by atoms with van der Waals surface area (Å²) in [5, 5.41) is 49.5. The summed E-state index contributed by atoms with van der Waals surface area (Å²) in [6.07, 6.45) is -12.3. The minimum atomic E-state index is -1.63. The smallest absolute Gasteiger partial charge is 0.303 e. The van der Waals surface area contributed by atoms with E-state index in [1.54, 1.807) is 0 Å². The van der Waals surface area contributed by atoms with Crippen LogP contribution in [0.4, 0.5) is 0 Å². The number of amides is 5. The highest BCUT2D eigenvalue weighted by Gasteiger charge is 2.56. The maximum Gasteiger partial charge on any atom is 0.303 e. The van der Waals surface area contributed by atoms with Crippen LogP contribution in [0.3, 0.4) is 0 Å². The molecule has 5 amide bonds. The lowest BCUT2D eigenvalue weighted by atomic mass is 9.95. The summed E-state index contributed by atoms with van der Waals surface area (Å²) < 4.78 is 29.5. The summed E-state index contributed by atoms with van der Waals surface area (Å²) >= 11 is 0. The highest BCUT2D eigenvalue weighted by Crippen LogP contribution is 2.35. The molecule has 0 aliphatic carbocycles. The third-order valence-electron chi connectivity index (χ3n) is 7.77. The van der Waals surface area contributed by atoms with Crippen LogP contribution < -0.4 is 27.0 Å². The van der Waals surface area contributed by atoms with E-state index >= 15 is 0 Å². The van der Waals surface area contributed by atoms with Crippen LogP contribution in [0.25, 0.3) is 0 Å². The summed E-state index contributed by atoms with van der Waals surface area (Å²) in [5.74, 6) is -4.91. The van der Waals surface area contributed by atoms with Crippen molar-refractivity contribution in [3.05, 3.63) is 0 Å². The van der Waals surface area contributed by atoms with E-state index in [1.165, 1.54) is 20.8 Å². The first-order valence-electron chi connectivity index (χ1n) is 14.9. The number of hydrogen-bond acceptors (Lipinski definition) is 14. The lowest BCUT2D eigenvalue weighted by molar-refractivity contribution is -0.313. The van der Waals surface area contributed by atoms with Crippen LogP contribution in [0.15, 0.2) is 0 Å². The highest BCUT2D eigenvalue weighted by atomic mass is 16.8. The number of fused-ring (bicyclic) bond motifs is 2. The van der Waals surface area contributed by atoms with Crippen LogP contribution in [0.1, 0.15) is 40.5 Å². The Labute approximate surface area is 268 Å². The Hall–Kier alpha value is -3.50. The number of carbonyl (C=O) groups is 6.